The van der Waals surface area contributed by atoms with Crippen molar-refractivity contribution in [2.75, 3.05) is 0 Å². The second kappa shape index (κ2) is 5.11. The molecule has 0 radical (unpaired) electrons. The molecule has 84 valence electrons. The van der Waals surface area contributed by atoms with Gasteiger partial charge >= 0.3 is 5.97 Å². The maximum atomic E-state index is 11.1. The van der Waals surface area contributed by atoms with E-state index in [1.165, 1.54) is 6.92 Å². The number of carboxylic acids is 1. The number of hydrogen-bond acceptors (Lipinski definition) is 2. The van der Waals surface area contributed by atoms with E-state index in [1.807, 2.05) is 0 Å². The van der Waals surface area contributed by atoms with Gasteiger partial charge in [-0.25, -0.2) is 4.79 Å². The standard InChI is InChI=1S/C12H13NO3/c1-8(13-9(2)14)11(12(15)16)10-6-4-3-5-7-10/h3-7H,1-2H3,(H,13,14)(H,15,16). The van der Waals surface area contributed by atoms with E-state index in [-0.39, 0.29) is 11.5 Å². The van der Waals surface area contributed by atoms with E-state index in [4.69, 9.17) is 5.11 Å². The molecule has 0 heterocycles. The van der Waals surface area contributed by atoms with Crippen LogP contribution in [-0.4, -0.2) is 17.0 Å². The third-order valence-electron chi connectivity index (χ3n) is 2.01. The number of hydrogen-bond donors (Lipinski definition) is 2. The van der Waals surface area contributed by atoms with Gasteiger partial charge in [-0.1, -0.05) is 30.3 Å². The van der Waals surface area contributed by atoms with Crippen molar-refractivity contribution in [3.8, 4) is 0 Å². The molecule has 1 aromatic carbocycles. The van der Waals surface area contributed by atoms with Crippen LogP contribution in [0.2, 0.25) is 0 Å². The molecule has 0 aromatic heterocycles. The first-order chi connectivity index (χ1) is 7.52. The Kier molecular flexibility index (Phi) is 3.83. The lowest BCUT2D eigenvalue weighted by Crippen LogP contribution is -2.20. The van der Waals surface area contributed by atoms with Crippen LogP contribution in [-0.2, 0) is 9.59 Å². The molecule has 1 rings (SSSR count). The van der Waals surface area contributed by atoms with Gasteiger partial charge in [-0.05, 0) is 12.5 Å². The molecule has 0 aliphatic heterocycles. The summed E-state index contributed by atoms with van der Waals surface area (Å²) in [7, 11) is 0. The number of allylic oxidation sites excluding steroid dienone is 1. The summed E-state index contributed by atoms with van der Waals surface area (Å²) in [6.45, 7) is 2.91. The Morgan fingerprint density at radius 3 is 2.12 bits per heavy atom. The molecule has 16 heavy (non-hydrogen) atoms. The Morgan fingerprint density at radius 1 is 1.12 bits per heavy atom. The van der Waals surface area contributed by atoms with E-state index in [1.54, 1.807) is 37.3 Å². The van der Waals surface area contributed by atoms with Gasteiger partial charge in [-0.2, -0.15) is 0 Å². The molecule has 1 aromatic rings. The number of aliphatic carboxylic acids is 1. The molecule has 4 nitrogen and oxygen atoms in total. The van der Waals surface area contributed by atoms with Gasteiger partial charge < -0.3 is 10.4 Å². The fourth-order valence-electron chi connectivity index (χ4n) is 1.43. The summed E-state index contributed by atoms with van der Waals surface area (Å²) in [4.78, 5) is 22.0. The van der Waals surface area contributed by atoms with Crippen molar-refractivity contribution in [3.05, 3.63) is 41.6 Å². The van der Waals surface area contributed by atoms with Gasteiger partial charge in [0.1, 0.15) is 0 Å². The molecule has 2 N–H and O–H groups in total. The zero-order chi connectivity index (χ0) is 12.1. The SMILES string of the molecule is CC(=O)NC(C)=C(C(=O)O)c1ccccc1. The van der Waals surface area contributed by atoms with E-state index in [0.717, 1.165) is 0 Å². The number of carbonyl (C=O) groups is 2. The smallest absolute Gasteiger partial charge is 0.338 e. The summed E-state index contributed by atoms with van der Waals surface area (Å²) in [6.07, 6.45) is 0. The van der Waals surface area contributed by atoms with Crippen molar-refractivity contribution in [1.29, 1.82) is 0 Å². The molecule has 1 amide bonds. The molecule has 0 saturated carbocycles. The van der Waals surface area contributed by atoms with Crippen molar-refractivity contribution in [1.82, 2.24) is 5.32 Å². The maximum Gasteiger partial charge on any atom is 0.338 e. The fourth-order valence-corrected chi connectivity index (χ4v) is 1.43. The Morgan fingerprint density at radius 2 is 1.69 bits per heavy atom. The Labute approximate surface area is 93.6 Å². The van der Waals surface area contributed by atoms with Crippen molar-refractivity contribution >= 4 is 17.4 Å². The molecule has 0 atom stereocenters. The van der Waals surface area contributed by atoms with E-state index in [0.29, 0.717) is 11.3 Å². The van der Waals surface area contributed by atoms with Gasteiger partial charge in [-0.15, -0.1) is 0 Å². The number of benzene rings is 1. The van der Waals surface area contributed by atoms with Gasteiger partial charge in [-0.3, -0.25) is 4.79 Å². The second-order valence-corrected chi connectivity index (χ2v) is 3.35. The molecule has 0 aliphatic rings. The minimum Gasteiger partial charge on any atom is -0.478 e. The Hall–Kier alpha value is -2.10. The minimum atomic E-state index is -1.06. The molecular formula is C12H13NO3. The fraction of sp³-hybridized carbons (Fsp3) is 0.167. The molecular weight excluding hydrogens is 206 g/mol. The largest absolute Gasteiger partial charge is 0.478 e. The molecule has 0 saturated heterocycles. The summed E-state index contributed by atoms with van der Waals surface area (Å²) in [6, 6.07) is 8.68. The van der Waals surface area contributed by atoms with Crippen LogP contribution in [0.4, 0.5) is 0 Å². The zero-order valence-corrected chi connectivity index (χ0v) is 9.15. The number of carbonyl (C=O) groups excluding carboxylic acids is 1. The van der Waals surface area contributed by atoms with Crippen LogP contribution in [0.3, 0.4) is 0 Å². The van der Waals surface area contributed by atoms with Crippen molar-refractivity contribution < 1.29 is 14.7 Å². The van der Waals surface area contributed by atoms with Gasteiger partial charge in [0.05, 0.1) is 5.57 Å². The van der Waals surface area contributed by atoms with Gasteiger partial charge in [0.2, 0.25) is 5.91 Å². The molecule has 0 fully saturated rings. The second-order valence-electron chi connectivity index (χ2n) is 3.35. The van der Waals surface area contributed by atoms with Crippen molar-refractivity contribution in [2.24, 2.45) is 0 Å². The van der Waals surface area contributed by atoms with Gasteiger partial charge in [0.25, 0.3) is 0 Å². The highest BCUT2D eigenvalue weighted by Crippen LogP contribution is 2.17. The van der Waals surface area contributed by atoms with Crippen LogP contribution in [0, 0.1) is 0 Å². The highest BCUT2D eigenvalue weighted by Gasteiger charge is 2.14. The first kappa shape index (κ1) is 12.0. The topological polar surface area (TPSA) is 66.4 Å². The average molecular weight is 219 g/mol. The van der Waals surface area contributed by atoms with Gasteiger partial charge in [0.15, 0.2) is 0 Å². The van der Waals surface area contributed by atoms with Crippen molar-refractivity contribution in [2.45, 2.75) is 13.8 Å². The quantitative estimate of drug-likeness (QED) is 0.759. The first-order valence-corrected chi connectivity index (χ1v) is 4.79. The molecule has 0 aliphatic carbocycles. The number of amides is 1. The predicted molar refractivity (Wildman–Crippen MR) is 60.5 cm³/mol. The zero-order valence-electron chi connectivity index (χ0n) is 9.15. The minimum absolute atomic E-state index is 0.107. The lowest BCUT2D eigenvalue weighted by atomic mass is 10.0. The maximum absolute atomic E-state index is 11.1. The van der Waals surface area contributed by atoms with Crippen LogP contribution >= 0.6 is 0 Å². The highest BCUT2D eigenvalue weighted by molar-refractivity contribution is 6.16. The van der Waals surface area contributed by atoms with Crippen LogP contribution in [0.15, 0.2) is 36.0 Å². The normalized spacial score (nSPS) is 11.6. The third-order valence-corrected chi connectivity index (χ3v) is 2.01. The number of rotatable bonds is 3. The van der Waals surface area contributed by atoms with Crippen LogP contribution in [0.5, 0.6) is 0 Å². The van der Waals surface area contributed by atoms with Crippen LogP contribution in [0.25, 0.3) is 5.57 Å². The lowest BCUT2D eigenvalue weighted by molar-refractivity contribution is -0.130. The molecule has 0 bridgehead atoms. The monoisotopic (exact) mass is 219 g/mol. The first-order valence-electron chi connectivity index (χ1n) is 4.79. The summed E-state index contributed by atoms with van der Waals surface area (Å²) >= 11 is 0. The lowest BCUT2D eigenvalue weighted by Gasteiger charge is -2.08. The molecule has 0 unspecified atom stereocenters. The van der Waals surface area contributed by atoms with E-state index in [9.17, 15) is 9.59 Å². The summed E-state index contributed by atoms with van der Waals surface area (Å²) in [5, 5.41) is 11.6. The Bertz CT molecular complexity index is 435. The highest BCUT2D eigenvalue weighted by atomic mass is 16.4. The molecule has 4 heteroatoms. The summed E-state index contributed by atoms with van der Waals surface area (Å²) in [5.41, 5.74) is 1.02. The Balaban J connectivity index is 3.19. The molecule has 0 spiro atoms. The van der Waals surface area contributed by atoms with Crippen LogP contribution < -0.4 is 5.32 Å². The van der Waals surface area contributed by atoms with E-state index in [2.05, 4.69) is 5.32 Å². The van der Waals surface area contributed by atoms with Crippen molar-refractivity contribution in [3.63, 3.8) is 0 Å². The number of nitrogens with one attached hydrogen (secondary N) is 1. The average Bonchev–Trinajstić information content (AvgIpc) is 2.17. The van der Waals surface area contributed by atoms with E-state index < -0.39 is 5.97 Å². The summed E-state index contributed by atoms with van der Waals surface area (Å²) < 4.78 is 0. The van der Waals surface area contributed by atoms with Gasteiger partial charge in [0, 0.05) is 12.6 Å². The predicted octanol–water partition coefficient (Wildman–Crippen LogP) is 1.64. The number of carboxylic acid groups (broad SMARTS) is 1. The van der Waals surface area contributed by atoms with Crippen LogP contribution in [0.1, 0.15) is 19.4 Å². The summed E-state index contributed by atoms with van der Waals surface area (Å²) in [5.74, 6) is -1.34. The third kappa shape index (κ3) is 2.95. The van der Waals surface area contributed by atoms with E-state index >= 15 is 0 Å².